The smallest absolute Gasteiger partial charge is 0.226 e. The Morgan fingerprint density at radius 1 is 1.39 bits per heavy atom. The number of piperidine rings is 1. The van der Waals surface area contributed by atoms with E-state index in [1.807, 2.05) is 30.1 Å². The van der Waals surface area contributed by atoms with Crippen LogP contribution >= 0.6 is 0 Å². The van der Waals surface area contributed by atoms with Crippen molar-refractivity contribution >= 4 is 5.91 Å². The molecule has 0 radical (unpaired) electrons. The van der Waals surface area contributed by atoms with Gasteiger partial charge in [-0.2, -0.15) is 0 Å². The van der Waals surface area contributed by atoms with E-state index in [4.69, 9.17) is 4.74 Å². The van der Waals surface area contributed by atoms with Gasteiger partial charge in [-0.15, -0.1) is 0 Å². The second-order valence-electron chi connectivity index (χ2n) is 7.18. The van der Waals surface area contributed by atoms with Crippen LogP contribution in [0.25, 0.3) is 0 Å². The minimum Gasteiger partial charge on any atom is -0.496 e. The summed E-state index contributed by atoms with van der Waals surface area (Å²) < 4.78 is 5.43. The van der Waals surface area contributed by atoms with E-state index in [1.165, 1.54) is 0 Å². The molecule has 1 N–H and O–H groups in total. The second kappa shape index (κ2) is 6.52. The van der Waals surface area contributed by atoms with Gasteiger partial charge in [-0.1, -0.05) is 18.2 Å². The van der Waals surface area contributed by atoms with Crippen LogP contribution in [0.5, 0.6) is 5.75 Å². The van der Waals surface area contributed by atoms with E-state index in [-0.39, 0.29) is 12.0 Å². The maximum atomic E-state index is 12.8. The predicted molar refractivity (Wildman–Crippen MR) is 91.6 cm³/mol. The van der Waals surface area contributed by atoms with Gasteiger partial charge in [-0.3, -0.25) is 4.79 Å². The lowest BCUT2D eigenvalue weighted by molar-refractivity contribution is -0.134. The third-order valence-corrected chi connectivity index (χ3v) is 5.80. The van der Waals surface area contributed by atoms with Gasteiger partial charge in [0.15, 0.2) is 0 Å². The lowest BCUT2D eigenvalue weighted by Gasteiger charge is -2.28. The number of para-hydroxylation sites is 1. The van der Waals surface area contributed by atoms with Gasteiger partial charge in [0.2, 0.25) is 5.91 Å². The molecule has 2 aliphatic rings. The summed E-state index contributed by atoms with van der Waals surface area (Å²) in [5, 5.41) is 3.40. The number of nitrogens with zero attached hydrogens (tertiary/aromatic N) is 1. The number of methoxy groups -OCH3 is 1. The zero-order valence-electron chi connectivity index (χ0n) is 14.5. The number of ether oxygens (including phenoxy) is 1. The fraction of sp³-hybridized carbons (Fsp3) is 0.632. The topological polar surface area (TPSA) is 41.6 Å². The molecule has 23 heavy (non-hydrogen) atoms. The Labute approximate surface area is 139 Å². The number of likely N-dealkylation sites (N-methyl/N-ethyl adjacent to an activating group) is 1. The SMILES string of the molecule is COc1ccccc1CC(C)N(C)C(=O)C1CC12CCNCC2. The van der Waals surface area contributed by atoms with Crippen molar-refractivity contribution in [1.29, 1.82) is 0 Å². The molecule has 2 fully saturated rings. The molecule has 0 aromatic heterocycles. The van der Waals surface area contributed by atoms with Gasteiger partial charge in [0.05, 0.1) is 7.11 Å². The molecule has 1 spiro atoms. The summed E-state index contributed by atoms with van der Waals surface area (Å²) in [6.45, 7) is 4.25. The highest BCUT2D eigenvalue weighted by Crippen LogP contribution is 2.59. The first-order chi connectivity index (χ1) is 11.1. The second-order valence-corrected chi connectivity index (χ2v) is 7.18. The fourth-order valence-corrected chi connectivity index (χ4v) is 3.96. The number of rotatable bonds is 5. The van der Waals surface area contributed by atoms with Crippen molar-refractivity contribution in [2.24, 2.45) is 11.3 Å². The average Bonchev–Trinajstić information content (AvgIpc) is 3.27. The quantitative estimate of drug-likeness (QED) is 0.907. The third kappa shape index (κ3) is 3.23. The molecule has 4 nitrogen and oxygen atoms in total. The van der Waals surface area contributed by atoms with Crippen LogP contribution < -0.4 is 10.1 Å². The molecule has 1 aliphatic carbocycles. The monoisotopic (exact) mass is 316 g/mol. The van der Waals surface area contributed by atoms with Crippen molar-refractivity contribution in [3.8, 4) is 5.75 Å². The molecule has 1 amide bonds. The highest BCUT2D eigenvalue weighted by Gasteiger charge is 2.58. The van der Waals surface area contributed by atoms with Gasteiger partial charge in [0.1, 0.15) is 5.75 Å². The molecule has 1 heterocycles. The largest absolute Gasteiger partial charge is 0.496 e. The summed E-state index contributed by atoms with van der Waals surface area (Å²) >= 11 is 0. The molecule has 4 heteroatoms. The van der Waals surface area contributed by atoms with E-state index in [9.17, 15) is 4.79 Å². The lowest BCUT2D eigenvalue weighted by Crippen LogP contribution is -2.39. The summed E-state index contributed by atoms with van der Waals surface area (Å²) in [5.41, 5.74) is 1.47. The summed E-state index contributed by atoms with van der Waals surface area (Å²) in [7, 11) is 3.65. The normalized spacial score (nSPS) is 23.3. The van der Waals surface area contributed by atoms with Crippen LogP contribution in [0.3, 0.4) is 0 Å². The first kappa shape index (κ1) is 16.3. The van der Waals surface area contributed by atoms with E-state index in [0.717, 1.165) is 50.1 Å². The maximum absolute atomic E-state index is 12.8. The van der Waals surface area contributed by atoms with Gasteiger partial charge >= 0.3 is 0 Å². The molecule has 1 aliphatic heterocycles. The third-order valence-electron chi connectivity index (χ3n) is 5.80. The van der Waals surface area contributed by atoms with Crippen LogP contribution in [-0.4, -0.2) is 44.1 Å². The fourth-order valence-electron chi connectivity index (χ4n) is 3.96. The molecule has 1 aromatic rings. The van der Waals surface area contributed by atoms with Gasteiger partial charge in [0, 0.05) is 19.0 Å². The summed E-state index contributed by atoms with van der Waals surface area (Å²) in [5.74, 6) is 1.48. The van der Waals surface area contributed by atoms with E-state index >= 15 is 0 Å². The Morgan fingerprint density at radius 3 is 2.78 bits per heavy atom. The van der Waals surface area contributed by atoms with Crippen LogP contribution in [0.1, 0.15) is 31.7 Å². The van der Waals surface area contributed by atoms with E-state index < -0.39 is 0 Å². The number of amides is 1. The van der Waals surface area contributed by atoms with E-state index in [1.54, 1.807) is 7.11 Å². The van der Waals surface area contributed by atoms with Crippen LogP contribution in [0.2, 0.25) is 0 Å². The van der Waals surface area contributed by atoms with Gasteiger partial charge in [-0.25, -0.2) is 0 Å². The summed E-state index contributed by atoms with van der Waals surface area (Å²) in [6, 6.07) is 8.25. The van der Waals surface area contributed by atoms with Crippen molar-refractivity contribution in [2.75, 3.05) is 27.2 Å². The van der Waals surface area contributed by atoms with Crippen molar-refractivity contribution in [3.05, 3.63) is 29.8 Å². The number of hydrogen-bond donors (Lipinski definition) is 1. The number of hydrogen-bond acceptors (Lipinski definition) is 3. The first-order valence-electron chi connectivity index (χ1n) is 8.67. The maximum Gasteiger partial charge on any atom is 0.226 e. The average molecular weight is 316 g/mol. The molecule has 0 bridgehead atoms. The Kier molecular flexibility index (Phi) is 4.62. The number of benzene rings is 1. The zero-order chi connectivity index (χ0) is 16.4. The van der Waals surface area contributed by atoms with Gasteiger partial charge < -0.3 is 15.0 Å². The molecule has 1 aromatic carbocycles. The minimum absolute atomic E-state index is 0.179. The number of nitrogens with one attached hydrogen (secondary N) is 1. The minimum atomic E-state index is 0.179. The highest BCUT2D eigenvalue weighted by molar-refractivity contribution is 5.82. The van der Waals surface area contributed by atoms with Crippen LogP contribution in [0.4, 0.5) is 0 Å². The molecule has 1 saturated carbocycles. The standard InChI is InChI=1S/C19H28N2O2/c1-14(12-15-6-4-5-7-17(15)23-3)21(2)18(22)16-13-19(16)8-10-20-11-9-19/h4-7,14,16,20H,8-13H2,1-3H3. The molecule has 2 unspecified atom stereocenters. The van der Waals surface area contributed by atoms with Gasteiger partial charge in [-0.05, 0) is 62.7 Å². The molecular formula is C19H28N2O2. The van der Waals surface area contributed by atoms with Crippen molar-refractivity contribution in [2.45, 2.75) is 38.6 Å². The number of carbonyl (C=O) groups excluding carboxylic acids is 1. The molecule has 3 rings (SSSR count). The summed E-state index contributed by atoms with van der Waals surface area (Å²) in [4.78, 5) is 14.8. The zero-order valence-corrected chi connectivity index (χ0v) is 14.5. The Balaban J connectivity index is 1.61. The highest BCUT2D eigenvalue weighted by atomic mass is 16.5. The number of carbonyl (C=O) groups is 1. The van der Waals surface area contributed by atoms with E-state index in [0.29, 0.717) is 11.3 Å². The van der Waals surface area contributed by atoms with E-state index in [2.05, 4.69) is 18.3 Å². The Morgan fingerprint density at radius 2 is 2.09 bits per heavy atom. The van der Waals surface area contributed by atoms with Crippen LogP contribution in [0, 0.1) is 11.3 Å². The Hall–Kier alpha value is -1.55. The summed E-state index contributed by atoms with van der Waals surface area (Å²) in [6.07, 6.45) is 4.21. The predicted octanol–water partition coefficient (Wildman–Crippen LogP) is 2.47. The first-order valence-corrected chi connectivity index (χ1v) is 8.67. The molecule has 126 valence electrons. The molecular weight excluding hydrogens is 288 g/mol. The van der Waals surface area contributed by atoms with Crippen LogP contribution in [-0.2, 0) is 11.2 Å². The van der Waals surface area contributed by atoms with Crippen LogP contribution in [0.15, 0.2) is 24.3 Å². The lowest BCUT2D eigenvalue weighted by atomic mass is 9.91. The van der Waals surface area contributed by atoms with Gasteiger partial charge in [0.25, 0.3) is 0 Å². The molecule has 1 saturated heterocycles. The Bertz CT molecular complexity index is 566. The van der Waals surface area contributed by atoms with Crippen molar-refractivity contribution < 1.29 is 9.53 Å². The molecule has 2 atom stereocenters. The van der Waals surface area contributed by atoms with Crippen molar-refractivity contribution in [3.63, 3.8) is 0 Å². The van der Waals surface area contributed by atoms with Crippen molar-refractivity contribution in [1.82, 2.24) is 10.2 Å².